The van der Waals surface area contributed by atoms with Gasteiger partial charge in [0, 0.05) is 18.8 Å². The highest BCUT2D eigenvalue weighted by molar-refractivity contribution is 5.72. The van der Waals surface area contributed by atoms with Crippen molar-refractivity contribution < 1.29 is 28.9 Å². The van der Waals surface area contributed by atoms with Gasteiger partial charge in [-0.1, -0.05) is 0 Å². The maximum atomic E-state index is 11.7. The highest BCUT2D eigenvalue weighted by atomic mass is 16.6. The normalized spacial score (nSPS) is 10.7. The lowest BCUT2D eigenvalue weighted by atomic mass is 10.2. The molecule has 7 heteroatoms. The number of hydrogen-bond donors (Lipinski definition) is 2. The molecule has 0 unspecified atom stereocenters. The number of ether oxygens (including phenoxy) is 3. The molecule has 0 spiro atoms. The van der Waals surface area contributed by atoms with Crippen molar-refractivity contribution >= 4 is 17.6 Å². The number of anilines is 1. The molecule has 7 nitrogen and oxygen atoms in total. The zero-order chi connectivity index (χ0) is 16.8. The monoisotopic (exact) mass is 311 g/mol. The molecular weight excluding hydrogens is 290 g/mol. The first-order valence-corrected chi connectivity index (χ1v) is 6.72. The molecule has 0 radical (unpaired) electrons. The van der Waals surface area contributed by atoms with E-state index in [9.17, 15) is 9.59 Å². The molecule has 0 aliphatic rings. The van der Waals surface area contributed by atoms with Gasteiger partial charge in [-0.2, -0.15) is 0 Å². The van der Waals surface area contributed by atoms with Crippen molar-refractivity contribution in [2.75, 3.05) is 25.6 Å². The molecule has 0 saturated heterocycles. The average Bonchev–Trinajstić information content (AvgIpc) is 2.41. The summed E-state index contributed by atoms with van der Waals surface area (Å²) < 4.78 is 15.7. The van der Waals surface area contributed by atoms with Crippen LogP contribution in [0.15, 0.2) is 18.2 Å². The lowest BCUT2D eigenvalue weighted by Crippen LogP contribution is -2.27. The number of aliphatic carboxylic acids is 1. The summed E-state index contributed by atoms with van der Waals surface area (Å²) in [6, 6.07) is 4.89. The fraction of sp³-hybridized carbons (Fsp3) is 0.467. The van der Waals surface area contributed by atoms with Crippen molar-refractivity contribution in [3.63, 3.8) is 0 Å². The minimum atomic E-state index is -1.10. The van der Waals surface area contributed by atoms with E-state index in [1.165, 1.54) is 0 Å². The number of carboxylic acids is 1. The molecule has 0 saturated carbocycles. The first-order valence-electron chi connectivity index (χ1n) is 6.72. The summed E-state index contributed by atoms with van der Waals surface area (Å²) in [7, 11) is 1.73. The molecule has 0 aliphatic heterocycles. The van der Waals surface area contributed by atoms with Crippen molar-refractivity contribution in [1.82, 2.24) is 0 Å². The molecule has 22 heavy (non-hydrogen) atoms. The third-order valence-electron chi connectivity index (χ3n) is 2.35. The Morgan fingerprint density at radius 2 is 1.77 bits per heavy atom. The molecule has 2 N–H and O–H groups in total. The van der Waals surface area contributed by atoms with Crippen molar-refractivity contribution in [1.29, 1.82) is 0 Å². The van der Waals surface area contributed by atoms with Gasteiger partial charge < -0.3 is 24.6 Å². The number of carboxylic acid groups (broad SMARTS) is 1. The Bertz CT molecular complexity index is 535. The molecule has 1 aromatic carbocycles. The first-order chi connectivity index (χ1) is 10.2. The minimum Gasteiger partial charge on any atom is -0.479 e. The third-order valence-corrected chi connectivity index (χ3v) is 2.35. The SMILES string of the molecule is CNc1ccc(OCC(=O)O)c(OCC(=O)OC(C)(C)C)c1. The Labute approximate surface area is 129 Å². The van der Waals surface area contributed by atoms with Crippen LogP contribution in [0.25, 0.3) is 0 Å². The fourth-order valence-corrected chi connectivity index (χ4v) is 1.54. The van der Waals surface area contributed by atoms with Crippen LogP contribution < -0.4 is 14.8 Å². The maximum Gasteiger partial charge on any atom is 0.344 e. The number of benzene rings is 1. The zero-order valence-corrected chi connectivity index (χ0v) is 13.1. The smallest absolute Gasteiger partial charge is 0.344 e. The standard InChI is InChI=1S/C15H21NO6/c1-15(2,3)22-14(19)9-21-12-7-10(16-4)5-6-11(12)20-8-13(17)18/h5-7,16H,8-9H2,1-4H3,(H,17,18). The van der Waals surface area contributed by atoms with E-state index < -0.39 is 24.1 Å². The van der Waals surface area contributed by atoms with Gasteiger partial charge in [0.15, 0.2) is 24.7 Å². The summed E-state index contributed by atoms with van der Waals surface area (Å²) >= 11 is 0. The van der Waals surface area contributed by atoms with Crippen LogP contribution in [0.5, 0.6) is 11.5 Å². The summed E-state index contributed by atoms with van der Waals surface area (Å²) in [6.07, 6.45) is 0. The van der Waals surface area contributed by atoms with E-state index in [0.717, 1.165) is 5.69 Å². The lowest BCUT2D eigenvalue weighted by molar-refractivity contribution is -0.157. The molecule has 0 aliphatic carbocycles. The van der Waals surface area contributed by atoms with Crippen molar-refractivity contribution in [2.24, 2.45) is 0 Å². The van der Waals surface area contributed by atoms with Gasteiger partial charge in [-0.15, -0.1) is 0 Å². The Morgan fingerprint density at radius 1 is 1.14 bits per heavy atom. The van der Waals surface area contributed by atoms with Crippen LogP contribution in [0, 0.1) is 0 Å². The number of carbonyl (C=O) groups is 2. The largest absolute Gasteiger partial charge is 0.479 e. The summed E-state index contributed by atoms with van der Waals surface area (Å²) in [4.78, 5) is 22.2. The van der Waals surface area contributed by atoms with Crippen LogP contribution in [-0.4, -0.2) is 42.9 Å². The summed E-state index contributed by atoms with van der Waals surface area (Å²) in [5, 5.41) is 11.6. The predicted molar refractivity (Wildman–Crippen MR) is 80.5 cm³/mol. The molecule has 1 aromatic rings. The fourth-order valence-electron chi connectivity index (χ4n) is 1.54. The quantitative estimate of drug-likeness (QED) is 0.743. The summed E-state index contributed by atoms with van der Waals surface area (Å²) in [5.41, 5.74) is 0.137. The second-order valence-corrected chi connectivity index (χ2v) is 5.47. The van der Waals surface area contributed by atoms with E-state index in [0.29, 0.717) is 0 Å². The van der Waals surface area contributed by atoms with Gasteiger partial charge in [0.2, 0.25) is 0 Å². The third kappa shape index (κ3) is 6.34. The van der Waals surface area contributed by atoms with Gasteiger partial charge in [-0.25, -0.2) is 9.59 Å². The van der Waals surface area contributed by atoms with E-state index in [1.54, 1.807) is 46.0 Å². The summed E-state index contributed by atoms with van der Waals surface area (Å²) in [5.74, 6) is -1.12. The Balaban J connectivity index is 2.77. The highest BCUT2D eigenvalue weighted by Crippen LogP contribution is 2.30. The summed E-state index contributed by atoms with van der Waals surface area (Å²) in [6.45, 7) is 4.48. The van der Waals surface area contributed by atoms with E-state index in [4.69, 9.17) is 19.3 Å². The number of carbonyl (C=O) groups excluding carboxylic acids is 1. The lowest BCUT2D eigenvalue weighted by Gasteiger charge is -2.20. The minimum absolute atomic E-state index is 0.241. The van der Waals surface area contributed by atoms with Crippen molar-refractivity contribution in [2.45, 2.75) is 26.4 Å². The van der Waals surface area contributed by atoms with Crippen LogP contribution in [0.4, 0.5) is 5.69 Å². The molecule has 122 valence electrons. The predicted octanol–water partition coefficient (Wildman–Crippen LogP) is 1.91. The second-order valence-electron chi connectivity index (χ2n) is 5.47. The first kappa shape index (κ1) is 17.6. The zero-order valence-electron chi connectivity index (χ0n) is 13.1. The van der Waals surface area contributed by atoms with Crippen LogP contribution in [-0.2, 0) is 14.3 Å². The van der Waals surface area contributed by atoms with Crippen LogP contribution in [0.2, 0.25) is 0 Å². The van der Waals surface area contributed by atoms with E-state index in [2.05, 4.69) is 5.32 Å². The molecule has 0 aromatic heterocycles. The number of nitrogens with one attached hydrogen (secondary N) is 1. The number of rotatable bonds is 7. The van der Waals surface area contributed by atoms with E-state index in [1.807, 2.05) is 0 Å². The molecular formula is C15H21NO6. The van der Waals surface area contributed by atoms with Crippen molar-refractivity contribution in [3.05, 3.63) is 18.2 Å². The van der Waals surface area contributed by atoms with Crippen LogP contribution >= 0.6 is 0 Å². The average molecular weight is 311 g/mol. The van der Waals surface area contributed by atoms with Gasteiger partial charge in [0.1, 0.15) is 5.60 Å². The molecule has 0 heterocycles. The van der Waals surface area contributed by atoms with Gasteiger partial charge in [0.05, 0.1) is 0 Å². The molecule has 0 bridgehead atoms. The second kappa shape index (κ2) is 7.53. The van der Waals surface area contributed by atoms with E-state index >= 15 is 0 Å². The molecule has 1 rings (SSSR count). The van der Waals surface area contributed by atoms with Gasteiger partial charge >= 0.3 is 11.9 Å². The Kier molecular flexibility index (Phi) is 6.03. The maximum absolute atomic E-state index is 11.7. The van der Waals surface area contributed by atoms with Gasteiger partial charge in [0.25, 0.3) is 0 Å². The van der Waals surface area contributed by atoms with Crippen LogP contribution in [0.3, 0.4) is 0 Å². The number of hydrogen-bond acceptors (Lipinski definition) is 6. The van der Waals surface area contributed by atoms with Crippen LogP contribution in [0.1, 0.15) is 20.8 Å². The van der Waals surface area contributed by atoms with E-state index in [-0.39, 0.29) is 18.1 Å². The topological polar surface area (TPSA) is 94.1 Å². The Morgan fingerprint density at radius 3 is 2.32 bits per heavy atom. The molecule has 0 amide bonds. The molecule has 0 atom stereocenters. The molecule has 0 fully saturated rings. The van der Waals surface area contributed by atoms with Crippen molar-refractivity contribution in [3.8, 4) is 11.5 Å². The number of esters is 1. The van der Waals surface area contributed by atoms with Gasteiger partial charge in [-0.3, -0.25) is 0 Å². The van der Waals surface area contributed by atoms with Gasteiger partial charge in [-0.05, 0) is 32.9 Å². The Hall–Kier alpha value is -2.44. The highest BCUT2D eigenvalue weighted by Gasteiger charge is 2.17.